The molecule has 2 N–H and O–H groups in total. The van der Waals surface area contributed by atoms with Crippen LogP contribution in [0.1, 0.15) is 11.7 Å². The van der Waals surface area contributed by atoms with Gasteiger partial charge in [0.25, 0.3) is 0 Å². The highest BCUT2D eigenvalue weighted by molar-refractivity contribution is 6.33. The molecule has 0 saturated carbocycles. The number of carbonyl (C=O) groups is 1. The smallest absolute Gasteiger partial charge is 0.337 e. The van der Waals surface area contributed by atoms with E-state index in [0.29, 0.717) is 26.4 Å². The number of rotatable bonds is 14. The maximum absolute atomic E-state index is 11.0. The summed E-state index contributed by atoms with van der Waals surface area (Å²) in [5.74, 6) is -1.19. The van der Waals surface area contributed by atoms with Crippen LogP contribution in [0, 0.1) is 0 Å². The van der Waals surface area contributed by atoms with Crippen LogP contribution in [0.15, 0.2) is 12.1 Å². The number of ether oxygens (including phenoxy) is 6. The Morgan fingerprint density at radius 3 is 2.15 bits per heavy atom. The molecule has 0 aromatic heterocycles. The highest BCUT2D eigenvalue weighted by Gasteiger charge is 2.24. The summed E-state index contributed by atoms with van der Waals surface area (Å²) in [5, 5.41) is 18.6. The second-order valence-electron chi connectivity index (χ2n) is 4.86. The predicted molar refractivity (Wildman–Crippen MR) is 90.7 cm³/mol. The minimum Gasteiger partial charge on any atom is -0.479 e. The molecule has 0 spiro atoms. The molecule has 0 saturated heterocycles. The van der Waals surface area contributed by atoms with E-state index in [0.717, 1.165) is 0 Å². The van der Waals surface area contributed by atoms with Gasteiger partial charge in [-0.3, -0.25) is 0 Å². The lowest BCUT2D eigenvalue weighted by Crippen LogP contribution is -2.14. The summed E-state index contributed by atoms with van der Waals surface area (Å²) in [6.07, 6.45) is -1.80. The standard InChI is InChI=1S/C16H23ClO9/c1-21-5-7-23-9-25-12-4-3-11(14(18)16(19)20)13(17)15(12)26-10-24-8-6-22-2/h3-4,14,18H,5-10H2,1-2H3,(H,19,20). The summed E-state index contributed by atoms with van der Waals surface area (Å²) in [4.78, 5) is 11.0. The van der Waals surface area contributed by atoms with Gasteiger partial charge >= 0.3 is 5.97 Å². The van der Waals surface area contributed by atoms with Gasteiger partial charge in [0, 0.05) is 19.8 Å². The van der Waals surface area contributed by atoms with Crippen LogP contribution in [0.3, 0.4) is 0 Å². The van der Waals surface area contributed by atoms with Gasteiger partial charge in [0.15, 0.2) is 31.2 Å². The fraction of sp³-hybridized carbons (Fsp3) is 0.562. The summed E-state index contributed by atoms with van der Waals surface area (Å²) in [6, 6.07) is 2.77. The summed E-state index contributed by atoms with van der Waals surface area (Å²) >= 11 is 6.19. The van der Waals surface area contributed by atoms with Crippen LogP contribution < -0.4 is 9.47 Å². The van der Waals surface area contributed by atoms with E-state index in [1.54, 1.807) is 7.11 Å². The molecular weight excluding hydrogens is 372 g/mol. The van der Waals surface area contributed by atoms with Crippen LogP contribution in [0.25, 0.3) is 0 Å². The van der Waals surface area contributed by atoms with Crippen molar-refractivity contribution in [3.05, 3.63) is 22.7 Å². The molecule has 0 amide bonds. The van der Waals surface area contributed by atoms with Crippen molar-refractivity contribution in [3.63, 3.8) is 0 Å². The van der Waals surface area contributed by atoms with Gasteiger partial charge < -0.3 is 38.6 Å². The quantitative estimate of drug-likeness (QED) is 0.357. The Morgan fingerprint density at radius 1 is 1.04 bits per heavy atom. The number of benzene rings is 1. The number of hydrogen-bond donors (Lipinski definition) is 2. The molecule has 0 radical (unpaired) electrons. The van der Waals surface area contributed by atoms with Gasteiger partial charge in [0.1, 0.15) is 0 Å². The summed E-state index contributed by atoms with van der Waals surface area (Å²) in [5.41, 5.74) is -0.0290. The van der Waals surface area contributed by atoms with Crippen molar-refractivity contribution < 1.29 is 43.4 Å². The van der Waals surface area contributed by atoms with Crippen molar-refractivity contribution in [2.45, 2.75) is 6.10 Å². The van der Waals surface area contributed by atoms with E-state index in [1.165, 1.54) is 19.2 Å². The number of halogens is 1. The van der Waals surface area contributed by atoms with Crippen LogP contribution in [-0.2, 0) is 23.7 Å². The Hall–Kier alpha value is -1.62. The van der Waals surface area contributed by atoms with Gasteiger partial charge in [0.05, 0.1) is 31.5 Å². The maximum Gasteiger partial charge on any atom is 0.337 e. The van der Waals surface area contributed by atoms with Crippen molar-refractivity contribution in [3.8, 4) is 11.5 Å². The van der Waals surface area contributed by atoms with Gasteiger partial charge in [-0.2, -0.15) is 0 Å². The Labute approximate surface area is 156 Å². The lowest BCUT2D eigenvalue weighted by atomic mass is 10.1. The molecule has 148 valence electrons. The van der Waals surface area contributed by atoms with Crippen molar-refractivity contribution in [1.82, 2.24) is 0 Å². The molecule has 9 nitrogen and oxygen atoms in total. The lowest BCUT2D eigenvalue weighted by Gasteiger charge is -2.17. The van der Waals surface area contributed by atoms with E-state index in [4.69, 9.17) is 45.1 Å². The van der Waals surface area contributed by atoms with Gasteiger partial charge in [0.2, 0.25) is 0 Å². The minimum atomic E-state index is -1.80. The normalized spacial score (nSPS) is 12.0. The van der Waals surface area contributed by atoms with E-state index in [1.807, 2.05) is 0 Å². The van der Waals surface area contributed by atoms with Gasteiger partial charge in [-0.15, -0.1) is 0 Å². The molecule has 1 unspecified atom stereocenters. The second-order valence-corrected chi connectivity index (χ2v) is 5.24. The Kier molecular flexibility index (Phi) is 10.9. The molecule has 0 aliphatic rings. The molecule has 0 aliphatic heterocycles. The third kappa shape index (κ3) is 7.32. The molecule has 1 aromatic carbocycles. The number of methoxy groups -OCH3 is 2. The first-order chi connectivity index (χ1) is 12.5. The van der Waals surface area contributed by atoms with E-state index in [2.05, 4.69) is 0 Å². The first-order valence-electron chi connectivity index (χ1n) is 7.65. The first kappa shape index (κ1) is 22.4. The predicted octanol–water partition coefficient (Wildman–Crippen LogP) is 1.46. The minimum absolute atomic E-state index is 0.0290. The first-order valence-corrected chi connectivity index (χ1v) is 8.03. The molecule has 0 bridgehead atoms. The number of carboxylic acids is 1. The number of carboxylic acid groups (broad SMARTS) is 1. The molecule has 1 atom stereocenters. The fourth-order valence-corrected chi connectivity index (χ4v) is 2.07. The van der Waals surface area contributed by atoms with E-state index < -0.39 is 12.1 Å². The van der Waals surface area contributed by atoms with Crippen LogP contribution in [0.2, 0.25) is 5.02 Å². The average molecular weight is 395 g/mol. The number of hydrogen-bond acceptors (Lipinski definition) is 8. The Balaban J connectivity index is 2.85. The summed E-state index contributed by atoms with van der Waals surface area (Å²) in [7, 11) is 3.08. The SMILES string of the molecule is COCCOCOc1ccc(C(O)C(=O)O)c(Cl)c1OCOCCOC. The summed E-state index contributed by atoms with van der Waals surface area (Å²) < 4.78 is 31.0. The maximum atomic E-state index is 11.0. The molecule has 0 aliphatic carbocycles. The number of aliphatic carboxylic acids is 1. The van der Waals surface area contributed by atoms with Gasteiger partial charge in [-0.25, -0.2) is 4.79 Å². The largest absolute Gasteiger partial charge is 0.479 e. The molecular formula is C16H23ClO9. The fourth-order valence-electron chi connectivity index (χ4n) is 1.75. The van der Waals surface area contributed by atoms with Gasteiger partial charge in [-0.1, -0.05) is 17.7 Å². The zero-order chi connectivity index (χ0) is 19.4. The number of aliphatic hydroxyl groups excluding tert-OH is 1. The zero-order valence-corrected chi connectivity index (χ0v) is 15.4. The van der Waals surface area contributed by atoms with Crippen molar-refractivity contribution in [2.24, 2.45) is 0 Å². The monoisotopic (exact) mass is 394 g/mol. The highest BCUT2D eigenvalue weighted by Crippen LogP contribution is 2.40. The highest BCUT2D eigenvalue weighted by atomic mass is 35.5. The van der Waals surface area contributed by atoms with E-state index in [9.17, 15) is 9.90 Å². The zero-order valence-electron chi connectivity index (χ0n) is 14.6. The van der Waals surface area contributed by atoms with E-state index >= 15 is 0 Å². The Morgan fingerprint density at radius 2 is 1.62 bits per heavy atom. The van der Waals surface area contributed by atoms with Gasteiger partial charge in [-0.05, 0) is 6.07 Å². The van der Waals surface area contributed by atoms with Crippen LogP contribution in [0.4, 0.5) is 0 Å². The third-order valence-corrected chi connectivity index (χ3v) is 3.46. The average Bonchev–Trinajstić information content (AvgIpc) is 2.62. The van der Waals surface area contributed by atoms with E-state index in [-0.39, 0.29) is 35.7 Å². The molecule has 26 heavy (non-hydrogen) atoms. The van der Waals surface area contributed by atoms with Crippen molar-refractivity contribution in [2.75, 3.05) is 54.2 Å². The summed E-state index contributed by atoms with van der Waals surface area (Å²) in [6.45, 7) is 1.15. The molecule has 0 fully saturated rings. The topological polar surface area (TPSA) is 113 Å². The third-order valence-electron chi connectivity index (χ3n) is 3.07. The van der Waals surface area contributed by atoms with Crippen molar-refractivity contribution >= 4 is 17.6 Å². The lowest BCUT2D eigenvalue weighted by molar-refractivity contribution is -0.146. The second kappa shape index (κ2) is 12.7. The molecule has 1 rings (SSSR count). The molecule has 10 heteroatoms. The van der Waals surface area contributed by atoms with Crippen molar-refractivity contribution in [1.29, 1.82) is 0 Å². The Bertz CT molecular complexity index is 553. The van der Waals surface area contributed by atoms with Crippen LogP contribution >= 0.6 is 11.6 Å². The van der Waals surface area contributed by atoms with Crippen LogP contribution in [-0.4, -0.2) is 70.4 Å². The molecule has 1 aromatic rings. The molecule has 0 heterocycles. The van der Waals surface area contributed by atoms with Crippen LogP contribution in [0.5, 0.6) is 11.5 Å². The number of aliphatic hydroxyl groups is 1.